The van der Waals surface area contributed by atoms with Crippen LogP contribution < -0.4 is 9.47 Å². The van der Waals surface area contributed by atoms with Crippen LogP contribution in [-0.2, 0) is 7.05 Å². The standard InChI is InChI=1S/C17H16ClN3O2/c1-21-17(15-13(22-2)8-5-9-14(15)23-3)19-16(20-21)11-6-4-7-12(18)10-11/h4-10H,1-3H3. The summed E-state index contributed by atoms with van der Waals surface area (Å²) in [6, 6.07) is 13.0. The molecule has 0 atom stereocenters. The molecule has 0 aliphatic heterocycles. The second-order valence-electron chi connectivity index (χ2n) is 4.93. The van der Waals surface area contributed by atoms with Crippen molar-refractivity contribution in [2.75, 3.05) is 14.2 Å². The first-order chi connectivity index (χ1) is 11.1. The molecule has 118 valence electrons. The summed E-state index contributed by atoms with van der Waals surface area (Å²) in [4.78, 5) is 4.64. The summed E-state index contributed by atoms with van der Waals surface area (Å²) in [5, 5.41) is 5.13. The van der Waals surface area contributed by atoms with Crippen molar-refractivity contribution in [2.24, 2.45) is 7.05 Å². The third-order valence-electron chi connectivity index (χ3n) is 3.50. The van der Waals surface area contributed by atoms with Gasteiger partial charge in [0.2, 0.25) is 0 Å². The predicted octanol–water partition coefficient (Wildman–Crippen LogP) is 3.82. The van der Waals surface area contributed by atoms with Gasteiger partial charge >= 0.3 is 0 Å². The van der Waals surface area contributed by atoms with Crippen molar-refractivity contribution in [1.82, 2.24) is 14.8 Å². The highest BCUT2D eigenvalue weighted by molar-refractivity contribution is 6.30. The maximum atomic E-state index is 6.05. The molecule has 0 unspecified atom stereocenters. The molecule has 1 heterocycles. The highest BCUT2D eigenvalue weighted by atomic mass is 35.5. The quantitative estimate of drug-likeness (QED) is 0.730. The molecule has 23 heavy (non-hydrogen) atoms. The molecule has 1 aromatic heterocycles. The van der Waals surface area contributed by atoms with Crippen molar-refractivity contribution in [3.63, 3.8) is 0 Å². The van der Waals surface area contributed by atoms with Crippen molar-refractivity contribution >= 4 is 11.6 Å². The predicted molar refractivity (Wildman–Crippen MR) is 90.0 cm³/mol. The molecule has 6 heteroatoms. The first-order valence-corrected chi connectivity index (χ1v) is 7.40. The zero-order chi connectivity index (χ0) is 16.4. The fraction of sp³-hybridized carbons (Fsp3) is 0.176. The molecular weight excluding hydrogens is 314 g/mol. The molecule has 2 aromatic carbocycles. The van der Waals surface area contributed by atoms with Gasteiger partial charge < -0.3 is 9.47 Å². The van der Waals surface area contributed by atoms with Crippen molar-refractivity contribution in [3.05, 3.63) is 47.5 Å². The van der Waals surface area contributed by atoms with Crippen molar-refractivity contribution in [1.29, 1.82) is 0 Å². The summed E-state index contributed by atoms with van der Waals surface area (Å²) < 4.78 is 12.6. The Morgan fingerprint density at radius 2 is 1.65 bits per heavy atom. The first-order valence-electron chi connectivity index (χ1n) is 7.02. The van der Waals surface area contributed by atoms with Crippen LogP contribution in [0.4, 0.5) is 0 Å². The summed E-state index contributed by atoms with van der Waals surface area (Å²) in [5.74, 6) is 2.61. The van der Waals surface area contributed by atoms with Crippen molar-refractivity contribution < 1.29 is 9.47 Å². The average molecular weight is 330 g/mol. The molecule has 0 aliphatic rings. The lowest BCUT2D eigenvalue weighted by atomic mass is 10.1. The van der Waals surface area contributed by atoms with Gasteiger partial charge in [-0.15, -0.1) is 0 Å². The number of rotatable bonds is 4. The lowest BCUT2D eigenvalue weighted by molar-refractivity contribution is 0.396. The third kappa shape index (κ3) is 2.87. The molecular formula is C17H16ClN3O2. The minimum absolute atomic E-state index is 0.595. The number of halogens is 1. The Morgan fingerprint density at radius 3 is 2.26 bits per heavy atom. The van der Waals surface area contributed by atoms with Crippen LogP contribution in [0.25, 0.3) is 22.8 Å². The van der Waals surface area contributed by atoms with E-state index in [2.05, 4.69) is 10.1 Å². The maximum absolute atomic E-state index is 6.05. The number of nitrogens with zero attached hydrogens (tertiary/aromatic N) is 3. The second-order valence-corrected chi connectivity index (χ2v) is 5.37. The lowest BCUT2D eigenvalue weighted by Gasteiger charge is -2.11. The van der Waals surface area contributed by atoms with Crippen LogP contribution in [0.15, 0.2) is 42.5 Å². The van der Waals surface area contributed by atoms with Gasteiger partial charge in [-0.05, 0) is 24.3 Å². The number of methoxy groups -OCH3 is 2. The van der Waals surface area contributed by atoms with Gasteiger partial charge in [0.05, 0.1) is 14.2 Å². The normalized spacial score (nSPS) is 10.6. The number of aromatic nitrogens is 3. The summed E-state index contributed by atoms with van der Waals surface area (Å²) in [6.45, 7) is 0. The molecule has 0 saturated heterocycles. The third-order valence-corrected chi connectivity index (χ3v) is 3.73. The van der Waals surface area contributed by atoms with E-state index in [0.717, 1.165) is 11.1 Å². The van der Waals surface area contributed by atoms with Crippen molar-refractivity contribution in [3.8, 4) is 34.3 Å². The second kappa shape index (κ2) is 6.30. The average Bonchev–Trinajstić information content (AvgIpc) is 2.95. The van der Waals surface area contributed by atoms with E-state index < -0.39 is 0 Å². The molecule has 0 bridgehead atoms. The van der Waals surface area contributed by atoms with E-state index >= 15 is 0 Å². The number of benzene rings is 2. The van der Waals surface area contributed by atoms with Gasteiger partial charge in [0.25, 0.3) is 0 Å². The van der Waals surface area contributed by atoms with E-state index in [4.69, 9.17) is 21.1 Å². The highest BCUT2D eigenvalue weighted by Gasteiger charge is 2.19. The highest BCUT2D eigenvalue weighted by Crippen LogP contribution is 2.37. The Morgan fingerprint density at radius 1 is 1.00 bits per heavy atom. The van der Waals surface area contributed by atoms with Gasteiger partial charge in [-0.1, -0.05) is 29.8 Å². The maximum Gasteiger partial charge on any atom is 0.181 e. The Kier molecular flexibility index (Phi) is 4.21. The fourth-order valence-electron chi connectivity index (χ4n) is 2.42. The van der Waals surface area contributed by atoms with Crippen LogP contribution in [0.5, 0.6) is 11.5 Å². The lowest BCUT2D eigenvalue weighted by Crippen LogP contribution is -1.99. The topological polar surface area (TPSA) is 49.2 Å². The van der Waals surface area contributed by atoms with Gasteiger partial charge in [-0.2, -0.15) is 5.10 Å². The van der Waals surface area contributed by atoms with Crippen LogP contribution in [0.3, 0.4) is 0 Å². The Bertz CT molecular complexity index is 823. The van der Waals surface area contributed by atoms with Gasteiger partial charge in [0.15, 0.2) is 11.6 Å². The summed E-state index contributed by atoms with van der Waals surface area (Å²) in [7, 11) is 5.07. The molecule has 0 radical (unpaired) electrons. The van der Waals surface area contributed by atoms with Crippen molar-refractivity contribution in [2.45, 2.75) is 0 Å². The Labute approximate surface area is 139 Å². The molecule has 0 fully saturated rings. The number of ether oxygens (including phenoxy) is 2. The zero-order valence-electron chi connectivity index (χ0n) is 13.1. The van der Waals surface area contributed by atoms with E-state index in [1.807, 2.05) is 49.5 Å². The largest absolute Gasteiger partial charge is 0.496 e. The molecule has 0 spiro atoms. The van der Waals surface area contributed by atoms with E-state index in [0.29, 0.717) is 28.2 Å². The minimum atomic E-state index is 0.595. The molecule has 5 nitrogen and oxygen atoms in total. The molecule has 3 aromatic rings. The fourth-order valence-corrected chi connectivity index (χ4v) is 2.61. The van der Waals surface area contributed by atoms with Crippen LogP contribution in [0.1, 0.15) is 0 Å². The summed E-state index contributed by atoms with van der Waals surface area (Å²) in [5.41, 5.74) is 1.62. The van der Waals surface area contributed by atoms with Gasteiger partial charge in [0, 0.05) is 17.6 Å². The number of hydrogen-bond donors (Lipinski definition) is 0. The van der Waals surface area contributed by atoms with Gasteiger partial charge in [-0.25, -0.2) is 9.67 Å². The molecule has 0 amide bonds. The molecule has 3 rings (SSSR count). The Balaban J connectivity index is 2.16. The van der Waals surface area contributed by atoms with Crippen LogP contribution in [0, 0.1) is 0 Å². The monoisotopic (exact) mass is 329 g/mol. The molecule has 0 saturated carbocycles. The van der Waals surface area contributed by atoms with E-state index in [9.17, 15) is 0 Å². The first kappa shape index (κ1) is 15.4. The summed E-state index contributed by atoms with van der Waals surface area (Å²) in [6.07, 6.45) is 0. The number of aryl methyl sites for hydroxylation is 1. The Hall–Kier alpha value is -2.53. The summed E-state index contributed by atoms with van der Waals surface area (Å²) >= 11 is 6.05. The number of hydrogen-bond acceptors (Lipinski definition) is 4. The zero-order valence-corrected chi connectivity index (χ0v) is 13.8. The van der Waals surface area contributed by atoms with Crippen LogP contribution in [0.2, 0.25) is 5.02 Å². The SMILES string of the molecule is COc1cccc(OC)c1-c1nc(-c2cccc(Cl)c2)nn1C. The molecule has 0 N–H and O–H groups in total. The molecule has 0 aliphatic carbocycles. The van der Waals surface area contributed by atoms with E-state index in [1.165, 1.54) is 0 Å². The van der Waals surface area contributed by atoms with E-state index in [1.54, 1.807) is 18.9 Å². The van der Waals surface area contributed by atoms with E-state index in [-0.39, 0.29) is 0 Å². The van der Waals surface area contributed by atoms with Crippen LogP contribution >= 0.6 is 11.6 Å². The van der Waals surface area contributed by atoms with Gasteiger partial charge in [0.1, 0.15) is 17.1 Å². The van der Waals surface area contributed by atoms with Gasteiger partial charge in [-0.3, -0.25) is 0 Å². The smallest absolute Gasteiger partial charge is 0.181 e. The van der Waals surface area contributed by atoms with Crippen LogP contribution in [-0.4, -0.2) is 29.0 Å². The minimum Gasteiger partial charge on any atom is -0.496 e.